The van der Waals surface area contributed by atoms with Gasteiger partial charge in [-0.1, -0.05) is 30.0 Å². The Morgan fingerprint density at radius 1 is 1.00 bits per heavy atom. The van der Waals surface area contributed by atoms with Crippen molar-refractivity contribution in [3.05, 3.63) is 95.8 Å². The molecule has 0 unspecified atom stereocenters. The average Bonchev–Trinajstić information content (AvgIpc) is 3.30. The number of nitrogens with zero attached hydrogens (tertiary/aromatic N) is 3. The van der Waals surface area contributed by atoms with Gasteiger partial charge in [-0.2, -0.15) is 0 Å². The largest absolute Gasteiger partial charge is 0.497 e. The predicted molar refractivity (Wildman–Crippen MR) is 131 cm³/mol. The lowest BCUT2D eigenvalue weighted by Crippen LogP contribution is -2.24. The van der Waals surface area contributed by atoms with Crippen molar-refractivity contribution in [1.82, 2.24) is 20.1 Å². The first-order valence-electron chi connectivity index (χ1n) is 10.7. The van der Waals surface area contributed by atoms with Crippen molar-refractivity contribution in [2.45, 2.75) is 11.7 Å². The number of nitrogens with one attached hydrogen (secondary N) is 2. The lowest BCUT2D eigenvalue weighted by Gasteiger charge is -2.11. The summed E-state index contributed by atoms with van der Waals surface area (Å²) in [6.45, 7) is -0.00361. The van der Waals surface area contributed by atoms with Crippen LogP contribution in [0.1, 0.15) is 16.2 Å². The molecule has 0 aliphatic rings. The second-order valence-electron chi connectivity index (χ2n) is 7.44. The number of methoxy groups -OCH3 is 1. The molecule has 0 bridgehead atoms. The number of para-hydroxylation sites is 1. The Labute approximate surface area is 209 Å². The van der Waals surface area contributed by atoms with E-state index in [2.05, 4.69) is 20.8 Å². The minimum Gasteiger partial charge on any atom is -0.497 e. The summed E-state index contributed by atoms with van der Waals surface area (Å²) in [5.74, 6) is -0.952. The van der Waals surface area contributed by atoms with Crippen molar-refractivity contribution in [2.24, 2.45) is 0 Å². The van der Waals surface area contributed by atoms with Crippen molar-refractivity contribution >= 4 is 29.3 Å². The van der Waals surface area contributed by atoms with Crippen molar-refractivity contribution in [3.63, 3.8) is 0 Å². The van der Waals surface area contributed by atoms with E-state index in [0.717, 1.165) is 11.8 Å². The number of halogens is 2. The first-order chi connectivity index (χ1) is 17.4. The van der Waals surface area contributed by atoms with Crippen LogP contribution in [0, 0.1) is 11.6 Å². The number of anilines is 1. The van der Waals surface area contributed by atoms with Crippen molar-refractivity contribution in [1.29, 1.82) is 0 Å². The Balaban J connectivity index is 1.50. The fourth-order valence-corrected chi connectivity index (χ4v) is 4.04. The maximum absolute atomic E-state index is 14.0. The van der Waals surface area contributed by atoms with E-state index in [4.69, 9.17) is 4.74 Å². The van der Waals surface area contributed by atoms with E-state index in [9.17, 15) is 18.4 Å². The maximum Gasteiger partial charge on any atom is 0.251 e. The molecule has 0 aliphatic heterocycles. The zero-order valence-corrected chi connectivity index (χ0v) is 19.9. The van der Waals surface area contributed by atoms with Gasteiger partial charge < -0.3 is 15.4 Å². The third kappa shape index (κ3) is 6.05. The topological polar surface area (TPSA) is 98.1 Å². The van der Waals surface area contributed by atoms with Gasteiger partial charge in [0.2, 0.25) is 5.91 Å². The predicted octanol–water partition coefficient (Wildman–Crippen LogP) is 4.21. The minimum absolute atomic E-state index is 0.00361. The Morgan fingerprint density at radius 3 is 2.50 bits per heavy atom. The molecule has 3 aromatic carbocycles. The van der Waals surface area contributed by atoms with Crippen LogP contribution in [-0.4, -0.2) is 39.4 Å². The number of benzene rings is 3. The van der Waals surface area contributed by atoms with Gasteiger partial charge in [0.25, 0.3) is 5.91 Å². The van der Waals surface area contributed by atoms with Crippen LogP contribution in [0.25, 0.3) is 5.69 Å². The fourth-order valence-electron chi connectivity index (χ4n) is 3.27. The number of thioether (sulfide) groups is 1. The highest BCUT2D eigenvalue weighted by Gasteiger charge is 2.18. The number of ether oxygens (including phenoxy) is 1. The first-order valence-corrected chi connectivity index (χ1v) is 11.7. The van der Waals surface area contributed by atoms with Gasteiger partial charge in [0.1, 0.15) is 17.4 Å². The van der Waals surface area contributed by atoms with Gasteiger partial charge in [-0.25, -0.2) is 8.78 Å². The molecule has 0 saturated carbocycles. The van der Waals surface area contributed by atoms with E-state index < -0.39 is 17.5 Å². The summed E-state index contributed by atoms with van der Waals surface area (Å²) < 4.78 is 34.5. The molecule has 2 amide bonds. The van der Waals surface area contributed by atoms with Crippen LogP contribution in [0.4, 0.5) is 14.5 Å². The van der Waals surface area contributed by atoms with Gasteiger partial charge >= 0.3 is 0 Å². The molecule has 11 heteroatoms. The van der Waals surface area contributed by atoms with E-state index in [1.54, 1.807) is 41.0 Å². The Hall–Kier alpha value is -4.25. The number of rotatable bonds is 9. The lowest BCUT2D eigenvalue weighted by molar-refractivity contribution is -0.113. The summed E-state index contributed by atoms with van der Waals surface area (Å²) in [7, 11) is 1.54. The second kappa shape index (κ2) is 11.5. The number of aromatic nitrogens is 3. The van der Waals surface area contributed by atoms with E-state index in [0.29, 0.717) is 28.0 Å². The molecule has 36 heavy (non-hydrogen) atoms. The zero-order valence-electron chi connectivity index (χ0n) is 19.1. The van der Waals surface area contributed by atoms with Crippen LogP contribution in [0.3, 0.4) is 0 Å². The minimum atomic E-state index is -0.548. The summed E-state index contributed by atoms with van der Waals surface area (Å²) in [4.78, 5) is 25.0. The molecular weight excluding hydrogens is 488 g/mol. The highest BCUT2D eigenvalue weighted by molar-refractivity contribution is 7.99. The quantitative estimate of drug-likeness (QED) is 0.328. The molecule has 4 aromatic rings. The van der Waals surface area contributed by atoms with Crippen LogP contribution in [0.5, 0.6) is 5.75 Å². The highest BCUT2D eigenvalue weighted by atomic mass is 32.2. The van der Waals surface area contributed by atoms with E-state index in [1.165, 1.54) is 43.5 Å². The maximum atomic E-state index is 14.0. The third-order valence-electron chi connectivity index (χ3n) is 5.01. The summed E-state index contributed by atoms with van der Waals surface area (Å²) >= 11 is 1.04. The molecule has 1 heterocycles. The summed E-state index contributed by atoms with van der Waals surface area (Å²) in [6.07, 6.45) is 0. The zero-order chi connectivity index (χ0) is 25.5. The van der Waals surface area contributed by atoms with Gasteiger partial charge in [0, 0.05) is 5.56 Å². The Bertz CT molecular complexity index is 1380. The average molecular weight is 510 g/mol. The molecule has 0 aliphatic carbocycles. The molecule has 0 radical (unpaired) electrons. The van der Waals surface area contributed by atoms with Crippen LogP contribution < -0.4 is 15.4 Å². The number of carbonyl (C=O) groups is 2. The summed E-state index contributed by atoms with van der Waals surface area (Å²) in [5.41, 5.74) is 0.911. The standard InChI is InChI=1S/C25H21F2N5O3S/c1-35-19-11-9-16(10-12-19)24(34)28-14-22-30-31-25(32(22)18-6-4-5-17(26)13-18)36-15-23(33)29-21-8-3-2-7-20(21)27/h2-13H,14-15H2,1H3,(H,28,34)(H,29,33). The Morgan fingerprint density at radius 2 is 1.78 bits per heavy atom. The van der Waals surface area contributed by atoms with Gasteiger partial charge in [0.05, 0.1) is 30.8 Å². The monoisotopic (exact) mass is 509 g/mol. The smallest absolute Gasteiger partial charge is 0.251 e. The fraction of sp³-hybridized carbons (Fsp3) is 0.120. The molecule has 8 nitrogen and oxygen atoms in total. The molecule has 2 N–H and O–H groups in total. The number of hydrogen-bond donors (Lipinski definition) is 2. The summed E-state index contributed by atoms with van der Waals surface area (Å²) in [5, 5.41) is 13.8. The van der Waals surface area contributed by atoms with E-state index in [1.807, 2.05) is 0 Å². The molecular formula is C25H21F2N5O3S. The summed E-state index contributed by atoms with van der Waals surface area (Å²) in [6, 6.07) is 18.2. The number of carbonyl (C=O) groups excluding carboxylic acids is 2. The van der Waals surface area contributed by atoms with Gasteiger partial charge in [0.15, 0.2) is 11.0 Å². The number of hydrogen-bond acceptors (Lipinski definition) is 6. The molecule has 0 atom stereocenters. The van der Waals surface area contributed by atoms with Crippen molar-refractivity contribution in [3.8, 4) is 11.4 Å². The molecule has 1 aromatic heterocycles. The van der Waals surface area contributed by atoms with Crippen molar-refractivity contribution < 1.29 is 23.1 Å². The van der Waals surface area contributed by atoms with Gasteiger partial charge in [-0.15, -0.1) is 10.2 Å². The lowest BCUT2D eigenvalue weighted by atomic mass is 10.2. The van der Waals surface area contributed by atoms with Crippen LogP contribution in [-0.2, 0) is 11.3 Å². The molecule has 0 fully saturated rings. The van der Waals surface area contributed by atoms with Crippen LogP contribution >= 0.6 is 11.8 Å². The molecule has 4 rings (SSSR count). The van der Waals surface area contributed by atoms with Gasteiger partial charge in [-0.3, -0.25) is 14.2 Å². The van der Waals surface area contributed by atoms with E-state index >= 15 is 0 Å². The molecule has 0 saturated heterocycles. The van der Waals surface area contributed by atoms with Crippen molar-refractivity contribution in [2.75, 3.05) is 18.2 Å². The highest BCUT2D eigenvalue weighted by Crippen LogP contribution is 2.23. The second-order valence-corrected chi connectivity index (χ2v) is 8.38. The van der Waals surface area contributed by atoms with Crippen LogP contribution in [0.2, 0.25) is 0 Å². The number of amides is 2. The normalized spacial score (nSPS) is 10.6. The molecule has 184 valence electrons. The van der Waals surface area contributed by atoms with Crippen LogP contribution in [0.15, 0.2) is 78.0 Å². The third-order valence-corrected chi connectivity index (χ3v) is 5.94. The van der Waals surface area contributed by atoms with Gasteiger partial charge in [-0.05, 0) is 54.6 Å². The Kier molecular flexibility index (Phi) is 7.91. The molecule has 0 spiro atoms. The first kappa shape index (κ1) is 24.9. The SMILES string of the molecule is COc1ccc(C(=O)NCc2nnc(SCC(=O)Nc3ccccc3F)n2-c2cccc(F)c2)cc1. The van der Waals surface area contributed by atoms with E-state index in [-0.39, 0.29) is 23.9 Å².